The fourth-order valence-electron chi connectivity index (χ4n) is 1.67. The Bertz CT molecular complexity index is 410. The summed E-state index contributed by atoms with van der Waals surface area (Å²) in [5, 5.41) is 12.5. The molecule has 0 aromatic carbocycles. The number of nitrogens with one attached hydrogen (secondary N) is 1. The first-order valence-corrected chi connectivity index (χ1v) is 5.58. The monoisotopic (exact) mass is 237 g/mol. The Morgan fingerprint density at radius 1 is 1.50 bits per heavy atom. The standard InChI is InChI=1S/C11H12ClN3O/c12-10-8(7-13)1-4-14-11(10)15-9-2-5-16-6-3-9/h1,4,9H,2-3,5-6H2,(H,14,15). The van der Waals surface area contributed by atoms with Crippen LogP contribution in [0.15, 0.2) is 12.3 Å². The van der Waals surface area contributed by atoms with Crippen LogP contribution >= 0.6 is 11.6 Å². The number of hydrogen-bond donors (Lipinski definition) is 1. The predicted octanol–water partition coefficient (Wildman–Crippen LogP) is 2.20. The Labute approximate surface area is 99.2 Å². The van der Waals surface area contributed by atoms with Crippen LogP contribution in [-0.4, -0.2) is 24.2 Å². The molecule has 84 valence electrons. The van der Waals surface area contributed by atoms with E-state index in [1.165, 1.54) is 0 Å². The number of anilines is 1. The molecule has 2 heterocycles. The van der Waals surface area contributed by atoms with Crippen molar-refractivity contribution in [1.82, 2.24) is 4.98 Å². The highest BCUT2D eigenvalue weighted by molar-refractivity contribution is 6.34. The Balaban J connectivity index is 2.12. The van der Waals surface area contributed by atoms with Crippen LogP contribution in [-0.2, 0) is 4.74 Å². The number of hydrogen-bond acceptors (Lipinski definition) is 4. The summed E-state index contributed by atoms with van der Waals surface area (Å²) < 4.78 is 5.27. The molecule has 1 aromatic heterocycles. The van der Waals surface area contributed by atoms with Crippen LogP contribution in [0, 0.1) is 11.3 Å². The summed E-state index contributed by atoms with van der Waals surface area (Å²) in [6, 6.07) is 3.97. The number of pyridine rings is 1. The number of halogens is 1. The third kappa shape index (κ3) is 2.43. The smallest absolute Gasteiger partial charge is 0.146 e. The molecule has 0 atom stereocenters. The summed E-state index contributed by atoms with van der Waals surface area (Å²) in [4.78, 5) is 4.15. The summed E-state index contributed by atoms with van der Waals surface area (Å²) in [6.07, 6.45) is 3.47. The molecule has 1 aliphatic heterocycles. The minimum absolute atomic E-state index is 0.327. The van der Waals surface area contributed by atoms with Crippen LogP contribution in [0.4, 0.5) is 5.82 Å². The van der Waals surface area contributed by atoms with Crippen LogP contribution in [0.5, 0.6) is 0 Å². The molecule has 0 radical (unpaired) electrons. The lowest BCUT2D eigenvalue weighted by Crippen LogP contribution is -2.28. The van der Waals surface area contributed by atoms with Crippen LogP contribution in [0.25, 0.3) is 0 Å². The van der Waals surface area contributed by atoms with Gasteiger partial charge < -0.3 is 10.1 Å². The first-order valence-electron chi connectivity index (χ1n) is 5.20. The molecule has 0 amide bonds. The molecule has 0 aliphatic carbocycles. The number of nitriles is 1. The molecule has 0 spiro atoms. The average Bonchev–Trinajstić information content (AvgIpc) is 2.33. The molecule has 1 fully saturated rings. The van der Waals surface area contributed by atoms with Crippen LogP contribution in [0.2, 0.25) is 5.02 Å². The largest absolute Gasteiger partial charge is 0.381 e. The van der Waals surface area contributed by atoms with Gasteiger partial charge in [-0.15, -0.1) is 0 Å². The van der Waals surface area contributed by atoms with Crippen molar-refractivity contribution in [2.45, 2.75) is 18.9 Å². The van der Waals surface area contributed by atoms with Gasteiger partial charge in [0.1, 0.15) is 16.9 Å². The molecular weight excluding hydrogens is 226 g/mol. The van der Waals surface area contributed by atoms with E-state index in [-0.39, 0.29) is 0 Å². The molecule has 4 nitrogen and oxygen atoms in total. The molecule has 0 bridgehead atoms. The second-order valence-electron chi connectivity index (χ2n) is 3.66. The summed E-state index contributed by atoms with van der Waals surface area (Å²) in [5.74, 6) is 0.590. The predicted molar refractivity (Wildman–Crippen MR) is 61.4 cm³/mol. The first-order chi connectivity index (χ1) is 7.81. The van der Waals surface area contributed by atoms with Crippen LogP contribution in [0.1, 0.15) is 18.4 Å². The lowest BCUT2D eigenvalue weighted by molar-refractivity contribution is 0.0904. The zero-order valence-corrected chi connectivity index (χ0v) is 9.50. The second kappa shape index (κ2) is 5.15. The molecule has 1 aliphatic rings. The van der Waals surface area contributed by atoms with Gasteiger partial charge in [0.15, 0.2) is 0 Å². The Morgan fingerprint density at radius 3 is 2.94 bits per heavy atom. The van der Waals surface area contributed by atoms with E-state index >= 15 is 0 Å². The third-order valence-corrected chi connectivity index (χ3v) is 2.95. The normalized spacial score (nSPS) is 16.8. The van der Waals surface area contributed by atoms with Gasteiger partial charge in [-0.3, -0.25) is 0 Å². The maximum Gasteiger partial charge on any atom is 0.146 e. The summed E-state index contributed by atoms with van der Waals surface area (Å²) in [7, 11) is 0. The van der Waals surface area contributed by atoms with Crippen LogP contribution in [0.3, 0.4) is 0 Å². The average molecular weight is 238 g/mol. The topological polar surface area (TPSA) is 57.9 Å². The minimum Gasteiger partial charge on any atom is -0.381 e. The molecule has 16 heavy (non-hydrogen) atoms. The van der Waals surface area contributed by atoms with E-state index in [2.05, 4.69) is 10.3 Å². The maximum absolute atomic E-state index is 8.84. The lowest BCUT2D eigenvalue weighted by Gasteiger charge is -2.24. The van der Waals surface area contributed by atoms with Gasteiger partial charge in [0.05, 0.1) is 5.56 Å². The van der Waals surface area contributed by atoms with E-state index in [1.807, 2.05) is 6.07 Å². The maximum atomic E-state index is 8.84. The van der Waals surface area contributed by atoms with E-state index in [0.717, 1.165) is 26.1 Å². The highest BCUT2D eigenvalue weighted by atomic mass is 35.5. The van der Waals surface area contributed by atoms with E-state index in [4.69, 9.17) is 21.6 Å². The Kier molecular flexibility index (Phi) is 3.60. The van der Waals surface area contributed by atoms with E-state index in [0.29, 0.717) is 22.4 Å². The third-order valence-electron chi connectivity index (χ3n) is 2.57. The molecule has 2 rings (SSSR count). The van der Waals surface area contributed by atoms with Gasteiger partial charge in [-0.25, -0.2) is 4.98 Å². The van der Waals surface area contributed by atoms with Gasteiger partial charge >= 0.3 is 0 Å². The van der Waals surface area contributed by atoms with Gasteiger partial charge in [-0.05, 0) is 18.9 Å². The van der Waals surface area contributed by atoms with Gasteiger partial charge in [0.25, 0.3) is 0 Å². The molecule has 1 N–H and O–H groups in total. The van der Waals surface area contributed by atoms with Crippen molar-refractivity contribution in [3.8, 4) is 6.07 Å². The van der Waals surface area contributed by atoms with Gasteiger partial charge in [-0.1, -0.05) is 11.6 Å². The van der Waals surface area contributed by atoms with Crippen molar-refractivity contribution in [2.75, 3.05) is 18.5 Å². The van der Waals surface area contributed by atoms with E-state index < -0.39 is 0 Å². The quantitative estimate of drug-likeness (QED) is 0.857. The number of ether oxygens (including phenoxy) is 1. The van der Waals surface area contributed by atoms with Crippen molar-refractivity contribution in [1.29, 1.82) is 5.26 Å². The van der Waals surface area contributed by atoms with Gasteiger partial charge in [-0.2, -0.15) is 5.26 Å². The fraction of sp³-hybridized carbons (Fsp3) is 0.455. The van der Waals surface area contributed by atoms with E-state index in [9.17, 15) is 0 Å². The minimum atomic E-state index is 0.327. The highest BCUT2D eigenvalue weighted by Gasteiger charge is 2.16. The molecular formula is C11H12ClN3O. The van der Waals surface area contributed by atoms with Crippen molar-refractivity contribution >= 4 is 17.4 Å². The second-order valence-corrected chi connectivity index (χ2v) is 4.04. The van der Waals surface area contributed by atoms with E-state index in [1.54, 1.807) is 12.3 Å². The molecule has 0 unspecified atom stereocenters. The molecule has 5 heteroatoms. The SMILES string of the molecule is N#Cc1ccnc(NC2CCOCC2)c1Cl. The number of rotatable bonds is 2. The lowest BCUT2D eigenvalue weighted by atomic mass is 10.1. The highest BCUT2D eigenvalue weighted by Crippen LogP contribution is 2.24. The molecule has 1 aromatic rings. The van der Waals surface area contributed by atoms with Crippen molar-refractivity contribution < 1.29 is 4.74 Å². The zero-order chi connectivity index (χ0) is 11.4. The fourth-order valence-corrected chi connectivity index (χ4v) is 1.87. The Morgan fingerprint density at radius 2 is 2.25 bits per heavy atom. The number of aromatic nitrogens is 1. The van der Waals surface area contributed by atoms with Gasteiger partial charge in [0.2, 0.25) is 0 Å². The summed E-state index contributed by atoms with van der Waals surface area (Å²) in [6.45, 7) is 1.51. The zero-order valence-electron chi connectivity index (χ0n) is 8.74. The molecule has 1 saturated heterocycles. The van der Waals surface area contributed by atoms with Crippen LogP contribution < -0.4 is 5.32 Å². The van der Waals surface area contributed by atoms with Crippen molar-refractivity contribution in [2.24, 2.45) is 0 Å². The van der Waals surface area contributed by atoms with Crippen molar-refractivity contribution in [3.63, 3.8) is 0 Å². The van der Waals surface area contributed by atoms with Gasteiger partial charge in [0, 0.05) is 25.5 Å². The first kappa shape index (κ1) is 11.2. The summed E-state index contributed by atoms with van der Waals surface area (Å²) in [5.41, 5.74) is 0.450. The number of nitrogens with zero attached hydrogens (tertiary/aromatic N) is 2. The summed E-state index contributed by atoms with van der Waals surface area (Å²) >= 11 is 6.05. The van der Waals surface area contributed by atoms with Crippen molar-refractivity contribution in [3.05, 3.63) is 22.8 Å². The molecule has 0 saturated carbocycles. The Hall–Kier alpha value is -1.31.